The zero-order chi connectivity index (χ0) is 22.0. The van der Waals surface area contributed by atoms with Gasteiger partial charge in [-0.25, -0.2) is 4.68 Å². The first-order valence-corrected chi connectivity index (χ1v) is 10.1. The van der Waals surface area contributed by atoms with Crippen molar-refractivity contribution in [2.45, 2.75) is 19.4 Å². The number of nitrogens with zero attached hydrogens (tertiary/aromatic N) is 5. The number of rotatable bonds is 6. The van der Waals surface area contributed by atoms with E-state index in [1.807, 2.05) is 49.4 Å². The van der Waals surface area contributed by atoms with Gasteiger partial charge in [-0.2, -0.15) is 0 Å². The van der Waals surface area contributed by atoms with Gasteiger partial charge in [-0.1, -0.05) is 53.2 Å². The molecule has 1 unspecified atom stereocenters. The Kier molecular flexibility index (Phi) is 5.81. The maximum atomic E-state index is 13.1. The van der Waals surface area contributed by atoms with Crippen LogP contribution < -0.4 is 4.90 Å². The van der Waals surface area contributed by atoms with Crippen LogP contribution in [0.5, 0.6) is 0 Å². The van der Waals surface area contributed by atoms with Crippen molar-refractivity contribution < 1.29 is 14.4 Å². The topological polar surface area (TPSA) is 88.4 Å². The molecule has 4 rings (SSSR count). The zero-order valence-electron chi connectivity index (χ0n) is 16.8. The summed E-state index contributed by atoms with van der Waals surface area (Å²) in [5, 5.41) is 7.97. The van der Waals surface area contributed by atoms with E-state index in [0.29, 0.717) is 17.8 Å². The molecule has 2 heterocycles. The van der Waals surface area contributed by atoms with Gasteiger partial charge >= 0.3 is 0 Å². The van der Waals surface area contributed by atoms with Gasteiger partial charge in [0.1, 0.15) is 19.4 Å². The molecular formula is C22H20ClN5O3. The monoisotopic (exact) mass is 437 g/mol. The summed E-state index contributed by atoms with van der Waals surface area (Å²) in [4.78, 5) is 40.6. The summed E-state index contributed by atoms with van der Waals surface area (Å²) in [5.41, 5.74) is 2.95. The summed E-state index contributed by atoms with van der Waals surface area (Å²) in [6.07, 6.45) is 2.61. The van der Waals surface area contributed by atoms with Crippen molar-refractivity contribution in [1.29, 1.82) is 0 Å². The van der Waals surface area contributed by atoms with Crippen molar-refractivity contribution >= 4 is 35.4 Å². The van der Waals surface area contributed by atoms with E-state index in [-0.39, 0.29) is 30.1 Å². The van der Waals surface area contributed by atoms with Crippen LogP contribution in [-0.2, 0) is 20.8 Å². The van der Waals surface area contributed by atoms with E-state index < -0.39 is 6.04 Å². The van der Waals surface area contributed by atoms with Crippen LogP contribution in [0, 0.1) is 6.92 Å². The lowest BCUT2D eigenvalue weighted by atomic mass is 10.0. The number of halogens is 1. The normalized spacial score (nSPS) is 15.3. The Bertz CT molecular complexity index is 1130. The second-order valence-electron chi connectivity index (χ2n) is 7.37. The predicted octanol–water partition coefficient (Wildman–Crippen LogP) is 2.21. The van der Waals surface area contributed by atoms with Crippen molar-refractivity contribution in [1.82, 2.24) is 19.9 Å². The highest BCUT2D eigenvalue weighted by atomic mass is 35.5. The maximum Gasteiger partial charge on any atom is 0.247 e. The van der Waals surface area contributed by atoms with E-state index in [0.717, 1.165) is 17.4 Å². The Labute approximate surface area is 184 Å². The number of aldehydes is 1. The van der Waals surface area contributed by atoms with Crippen LogP contribution in [-0.4, -0.2) is 57.1 Å². The Balaban J connectivity index is 1.60. The van der Waals surface area contributed by atoms with Gasteiger partial charge in [-0.15, -0.1) is 5.10 Å². The Morgan fingerprint density at radius 1 is 1.06 bits per heavy atom. The molecule has 0 aliphatic carbocycles. The summed E-state index contributed by atoms with van der Waals surface area (Å²) in [7, 11) is 0. The Hall–Kier alpha value is -3.52. The molecule has 1 aliphatic heterocycles. The number of hydrogen-bond acceptors (Lipinski definition) is 5. The van der Waals surface area contributed by atoms with Gasteiger partial charge in [0.05, 0.1) is 23.6 Å². The van der Waals surface area contributed by atoms with E-state index in [2.05, 4.69) is 10.3 Å². The molecule has 9 heteroatoms. The molecule has 1 aliphatic rings. The molecule has 1 aromatic heterocycles. The van der Waals surface area contributed by atoms with Crippen molar-refractivity contribution in [3.63, 3.8) is 0 Å². The fourth-order valence-corrected chi connectivity index (χ4v) is 3.77. The van der Waals surface area contributed by atoms with Gasteiger partial charge in [0.25, 0.3) is 0 Å². The minimum atomic E-state index is -0.702. The first-order valence-electron chi connectivity index (χ1n) is 9.74. The van der Waals surface area contributed by atoms with Crippen molar-refractivity contribution in [3.05, 3.63) is 71.0 Å². The largest absolute Gasteiger partial charge is 0.322 e. The third-order valence-electron chi connectivity index (χ3n) is 5.20. The van der Waals surface area contributed by atoms with Crippen LogP contribution in [0.4, 0.5) is 5.69 Å². The summed E-state index contributed by atoms with van der Waals surface area (Å²) in [6.45, 7) is 1.55. The van der Waals surface area contributed by atoms with Crippen molar-refractivity contribution in [2.24, 2.45) is 0 Å². The number of carbonyl (C=O) groups is 3. The average Bonchev–Trinajstić information content (AvgIpc) is 3.20. The van der Waals surface area contributed by atoms with Gasteiger partial charge < -0.3 is 9.69 Å². The lowest BCUT2D eigenvalue weighted by Crippen LogP contribution is -2.58. The fraction of sp³-hybridized carbons (Fsp3) is 0.227. The molecular weight excluding hydrogens is 418 g/mol. The number of piperazine rings is 1. The van der Waals surface area contributed by atoms with Crippen molar-refractivity contribution in [2.75, 3.05) is 18.0 Å². The number of aryl methyl sites for hydroxylation is 1. The Morgan fingerprint density at radius 2 is 1.84 bits per heavy atom. The highest BCUT2D eigenvalue weighted by molar-refractivity contribution is 6.29. The van der Waals surface area contributed by atoms with E-state index in [1.54, 1.807) is 6.07 Å². The molecule has 158 valence electrons. The quantitative estimate of drug-likeness (QED) is 0.552. The van der Waals surface area contributed by atoms with Gasteiger partial charge in [0, 0.05) is 0 Å². The number of hydrogen-bond donors (Lipinski definition) is 0. The molecule has 2 aromatic carbocycles. The number of anilines is 1. The van der Waals surface area contributed by atoms with Crippen LogP contribution in [0.15, 0.2) is 54.7 Å². The smallest absolute Gasteiger partial charge is 0.247 e. The summed E-state index contributed by atoms with van der Waals surface area (Å²) in [6, 6.07) is 14.2. The molecule has 3 aromatic rings. The van der Waals surface area contributed by atoms with E-state index in [4.69, 9.17) is 11.6 Å². The van der Waals surface area contributed by atoms with Crippen molar-refractivity contribution in [3.8, 4) is 5.69 Å². The molecule has 1 saturated heterocycles. The molecule has 0 spiro atoms. The second kappa shape index (κ2) is 8.69. The summed E-state index contributed by atoms with van der Waals surface area (Å²) >= 11 is 5.90. The molecule has 0 bridgehead atoms. The van der Waals surface area contributed by atoms with E-state index in [1.165, 1.54) is 20.7 Å². The molecule has 2 amide bonds. The molecule has 8 nitrogen and oxygen atoms in total. The molecule has 1 atom stereocenters. The zero-order valence-corrected chi connectivity index (χ0v) is 17.6. The van der Waals surface area contributed by atoms with Gasteiger partial charge in [-0.3, -0.25) is 14.5 Å². The fourth-order valence-electron chi connectivity index (χ4n) is 3.65. The summed E-state index contributed by atoms with van der Waals surface area (Å²) < 4.78 is 1.46. The second-order valence-corrected chi connectivity index (χ2v) is 7.76. The highest BCUT2D eigenvalue weighted by Crippen LogP contribution is 2.28. The minimum absolute atomic E-state index is 0.170. The highest BCUT2D eigenvalue weighted by Gasteiger charge is 2.36. The first kappa shape index (κ1) is 20.7. The van der Waals surface area contributed by atoms with Crippen LogP contribution in [0.2, 0.25) is 5.15 Å². The number of carbonyl (C=O) groups excluding carboxylic acids is 3. The molecule has 1 fully saturated rings. The number of benzene rings is 2. The number of amides is 2. The SMILES string of the molecule is Cc1ccc(-n2cc(Cl)nn2)c(N2CC(=O)N(C(C=O)Cc3ccccc3)CC2=O)c1. The summed E-state index contributed by atoms with van der Waals surface area (Å²) in [5.74, 6) is -0.575. The van der Waals surface area contributed by atoms with Crippen LogP contribution >= 0.6 is 11.6 Å². The standard InChI is InChI=1S/C22H20ClN5O3/c1-15-7-8-18(28-11-20(23)24-25-28)19(9-15)27-13-21(30)26(12-22(27)31)17(14-29)10-16-5-3-2-4-6-16/h2-9,11,14,17H,10,12-13H2,1H3. The predicted molar refractivity (Wildman–Crippen MR) is 115 cm³/mol. The van der Waals surface area contributed by atoms with Crippen LogP contribution in [0.25, 0.3) is 5.69 Å². The molecule has 0 N–H and O–H groups in total. The third-order valence-corrected chi connectivity index (χ3v) is 5.37. The van der Waals surface area contributed by atoms with E-state index in [9.17, 15) is 14.4 Å². The average molecular weight is 438 g/mol. The maximum absolute atomic E-state index is 13.1. The van der Waals surface area contributed by atoms with Crippen LogP contribution in [0.3, 0.4) is 0 Å². The lowest BCUT2D eigenvalue weighted by molar-refractivity contribution is -0.142. The lowest BCUT2D eigenvalue weighted by Gasteiger charge is -2.37. The number of aromatic nitrogens is 3. The van der Waals surface area contributed by atoms with Gasteiger partial charge in [0.15, 0.2) is 5.15 Å². The Morgan fingerprint density at radius 3 is 2.52 bits per heavy atom. The van der Waals surface area contributed by atoms with Gasteiger partial charge in [0.2, 0.25) is 11.8 Å². The molecule has 0 radical (unpaired) electrons. The first-order chi connectivity index (χ1) is 15.0. The van der Waals surface area contributed by atoms with Crippen LogP contribution in [0.1, 0.15) is 11.1 Å². The van der Waals surface area contributed by atoms with Gasteiger partial charge in [-0.05, 0) is 36.6 Å². The third kappa shape index (κ3) is 4.34. The molecule has 31 heavy (non-hydrogen) atoms. The molecule has 0 saturated carbocycles. The minimum Gasteiger partial charge on any atom is -0.322 e. The van der Waals surface area contributed by atoms with E-state index >= 15 is 0 Å².